The van der Waals surface area contributed by atoms with E-state index >= 15 is 0 Å². The van der Waals surface area contributed by atoms with Gasteiger partial charge in [0.05, 0.1) is 23.9 Å². The highest BCUT2D eigenvalue weighted by molar-refractivity contribution is 7.09. The van der Waals surface area contributed by atoms with Crippen LogP contribution < -0.4 is 5.32 Å². The maximum Gasteiger partial charge on any atom is 0.244 e. The molecule has 1 saturated heterocycles. The van der Waals surface area contributed by atoms with Gasteiger partial charge < -0.3 is 10.1 Å². The zero-order chi connectivity index (χ0) is 13.5. The average Bonchev–Trinajstić information content (AvgIpc) is 2.83. The third-order valence-electron chi connectivity index (χ3n) is 2.87. The quantitative estimate of drug-likeness (QED) is 0.815. The fourth-order valence-corrected chi connectivity index (χ4v) is 2.42. The molecule has 1 aliphatic heterocycles. The van der Waals surface area contributed by atoms with Gasteiger partial charge in [-0.15, -0.1) is 11.3 Å². The van der Waals surface area contributed by atoms with Crippen LogP contribution in [0.25, 0.3) is 6.08 Å². The maximum absolute atomic E-state index is 11.6. The lowest BCUT2D eigenvalue weighted by Gasteiger charge is -2.26. The molecule has 1 aromatic heterocycles. The molecule has 0 aromatic carbocycles. The van der Waals surface area contributed by atoms with Gasteiger partial charge >= 0.3 is 0 Å². The summed E-state index contributed by atoms with van der Waals surface area (Å²) in [4.78, 5) is 18.2. The first-order chi connectivity index (χ1) is 9.24. The summed E-state index contributed by atoms with van der Waals surface area (Å²) in [5, 5.41) is 5.82. The van der Waals surface area contributed by atoms with Crippen molar-refractivity contribution in [3.05, 3.63) is 22.2 Å². The smallest absolute Gasteiger partial charge is 0.244 e. The van der Waals surface area contributed by atoms with E-state index in [0.717, 1.165) is 43.5 Å². The molecule has 1 aliphatic rings. The van der Waals surface area contributed by atoms with Gasteiger partial charge in [-0.1, -0.05) is 0 Å². The number of aromatic nitrogens is 1. The third kappa shape index (κ3) is 5.10. The van der Waals surface area contributed by atoms with Crippen molar-refractivity contribution in [3.8, 4) is 0 Å². The Morgan fingerprint density at radius 1 is 1.58 bits per heavy atom. The highest BCUT2D eigenvalue weighted by atomic mass is 32.1. The fourth-order valence-electron chi connectivity index (χ4n) is 1.84. The van der Waals surface area contributed by atoms with Crippen molar-refractivity contribution in [2.24, 2.45) is 0 Å². The molecule has 1 amide bonds. The van der Waals surface area contributed by atoms with Gasteiger partial charge in [0.25, 0.3) is 0 Å². The predicted octanol–water partition coefficient (Wildman–Crippen LogP) is 0.913. The molecule has 0 aliphatic carbocycles. The highest BCUT2D eigenvalue weighted by Gasteiger charge is 2.09. The van der Waals surface area contributed by atoms with Crippen molar-refractivity contribution in [1.82, 2.24) is 15.2 Å². The van der Waals surface area contributed by atoms with E-state index in [-0.39, 0.29) is 5.91 Å². The van der Waals surface area contributed by atoms with E-state index in [4.69, 9.17) is 4.74 Å². The van der Waals surface area contributed by atoms with Crippen LogP contribution in [-0.2, 0) is 9.53 Å². The largest absolute Gasteiger partial charge is 0.379 e. The second-order valence-electron chi connectivity index (χ2n) is 4.37. The predicted molar refractivity (Wildman–Crippen MR) is 76.2 cm³/mol. The van der Waals surface area contributed by atoms with E-state index in [1.807, 2.05) is 12.3 Å². The molecule has 1 fully saturated rings. The lowest BCUT2D eigenvalue weighted by molar-refractivity contribution is -0.116. The van der Waals surface area contributed by atoms with Crippen LogP contribution in [0.2, 0.25) is 0 Å². The Bertz CT molecular complexity index is 439. The van der Waals surface area contributed by atoms with E-state index in [1.54, 1.807) is 17.4 Å². The van der Waals surface area contributed by atoms with Crippen LogP contribution >= 0.6 is 11.3 Å². The monoisotopic (exact) mass is 281 g/mol. The van der Waals surface area contributed by atoms with E-state index in [1.165, 1.54) is 6.08 Å². The van der Waals surface area contributed by atoms with Crippen LogP contribution in [0.4, 0.5) is 0 Å². The van der Waals surface area contributed by atoms with Crippen LogP contribution in [0.3, 0.4) is 0 Å². The molecule has 0 spiro atoms. The third-order valence-corrected chi connectivity index (χ3v) is 3.66. The molecule has 0 atom stereocenters. The van der Waals surface area contributed by atoms with E-state index in [0.29, 0.717) is 6.54 Å². The number of carbonyl (C=O) groups is 1. The highest BCUT2D eigenvalue weighted by Crippen LogP contribution is 2.08. The summed E-state index contributed by atoms with van der Waals surface area (Å²) in [7, 11) is 0. The molecule has 5 nitrogen and oxygen atoms in total. The van der Waals surface area contributed by atoms with Crippen molar-refractivity contribution in [2.75, 3.05) is 39.4 Å². The van der Waals surface area contributed by atoms with Gasteiger partial charge in [-0.25, -0.2) is 4.98 Å². The molecule has 2 heterocycles. The minimum absolute atomic E-state index is 0.0705. The minimum Gasteiger partial charge on any atom is -0.379 e. The van der Waals surface area contributed by atoms with Crippen LogP contribution in [0, 0.1) is 6.92 Å². The van der Waals surface area contributed by atoms with Crippen LogP contribution in [0.5, 0.6) is 0 Å². The number of hydrogen-bond acceptors (Lipinski definition) is 5. The Balaban J connectivity index is 1.65. The van der Waals surface area contributed by atoms with Gasteiger partial charge in [0, 0.05) is 37.6 Å². The van der Waals surface area contributed by atoms with E-state index in [2.05, 4.69) is 15.2 Å². The Labute approximate surface area is 117 Å². The maximum atomic E-state index is 11.6. The molecule has 0 radical (unpaired) electrons. The summed E-state index contributed by atoms with van der Waals surface area (Å²) in [5.74, 6) is -0.0705. The van der Waals surface area contributed by atoms with Gasteiger partial charge in [0.15, 0.2) is 0 Å². The molecule has 0 unspecified atom stereocenters. The summed E-state index contributed by atoms with van der Waals surface area (Å²) >= 11 is 1.58. The van der Waals surface area contributed by atoms with Gasteiger partial charge in [0.2, 0.25) is 5.91 Å². The Morgan fingerprint density at radius 3 is 3.05 bits per heavy atom. The molecule has 104 valence electrons. The average molecular weight is 281 g/mol. The van der Waals surface area contributed by atoms with Gasteiger partial charge in [0.1, 0.15) is 0 Å². The van der Waals surface area contributed by atoms with E-state index in [9.17, 15) is 4.79 Å². The fraction of sp³-hybridized carbons (Fsp3) is 0.538. The number of rotatable bonds is 5. The number of thiazole rings is 1. The van der Waals surface area contributed by atoms with Gasteiger partial charge in [-0.2, -0.15) is 0 Å². The summed E-state index contributed by atoms with van der Waals surface area (Å²) in [5.41, 5.74) is 0.839. The molecule has 2 rings (SSSR count). The first-order valence-electron chi connectivity index (χ1n) is 6.42. The standard InChI is InChI=1S/C13H19N3O2S/c1-11-15-12(10-19-11)2-3-13(17)14-4-5-16-6-8-18-9-7-16/h2-3,10H,4-9H2,1H3,(H,14,17)/b3-2-. The van der Waals surface area contributed by atoms with Crippen molar-refractivity contribution in [1.29, 1.82) is 0 Å². The molecular weight excluding hydrogens is 262 g/mol. The van der Waals surface area contributed by atoms with Crippen LogP contribution in [-0.4, -0.2) is 55.2 Å². The number of nitrogens with zero attached hydrogens (tertiary/aromatic N) is 2. The zero-order valence-electron chi connectivity index (χ0n) is 11.1. The molecule has 0 saturated carbocycles. The number of hydrogen-bond donors (Lipinski definition) is 1. The first kappa shape index (κ1) is 14.2. The van der Waals surface area contributed by atoms with Crippen molar-refractivity contribution in [2.45, 2.75) is 6.92 Å². The number of carbonyl (C=O) groups excluding carboxylic acids is 1. The van der Waals surface area contributed by atoms with Crippen LogP contribution in [0.15, 0.2) is 11.5 Å². The Kier molecular flexibility index (Phi) is 5.50. The number of ether oxygens (including phenoxy) is 1. The molecule has 19 heavy (non-hydrogen) atoms. The van der Waals surface area contributed by atoms with E-state index < -0.39 is 0 Å². The van der Waals surface area contributed by atoms with Gasteiger partial charge in [-0.3, -0.25) is 9.69 Å². The number of aryl methyl sites for hydroxylation is 1. The summed E-state index contributed by atoms with van der Waals surface area (Å²) < 4.78 is 5.27. The summed E-state index contributed by atoms with van der Waals surface area (Å²) in [6, 6.07) is 0. The zero-order valence-corrected chi connectivity index (χ0v) is 11.9. The minimum atomic E-state index is -0.0705. The van der Waals surface area contributed by atoms with Crippen LogP contribution in [0.1, 0.15) is 10.7 Å². The lowest BCUT2D eigenvalue weighted by atomic mass is 10.4. The van der Waals surface area contributed by atoms with Crippen molar-refractivity contribution < 1.29 is 9.53 Å². The second-order valence-corrected chi connectivity index (χ2v) is 5.43. The normalized spacial score (nSPS) is 16.9. The summed E-state index contributed by atoms with van der Waals surface area (Å²) in [6.07, 6.45) is 3.28. The Hall–Kier alpha value is -1.24. The SMILES string of the molecule is Cc1nc(/C=C\C(=O)NCCN2CCOCC2)cs1. The van der Waals surface area contributed by atoms with Gasteiger partial charge in [-0.05, 0) is 13.0 Å². The lowest BCUT2D eigenvalue weighted by Crippen LogP contribution is -2.41. The number of amides is 1. The number of morpholine rings is 1. The molecule has 0 bridgehead atoms. The topological polar surface area (TPSA) is 54.5 Å². The Morgan fingerprint density at radius 2 is 2.37 bits per heavy atom. The molecular formula is C13H19N3O2S. The number of nitrogens with one attached hydrogen (secondary N) is 1. The van der Waals surface area contributed by atoms with Crippen molar-refractivity contribution >= 4 is 23.3 Å². The molecule has 6 heteroatoms. The second kappa shape index (κ2) is 7.37. The first-order valence-corrected chi connectivity index (χ1v) is 7.30. The van der Waals surface area contributed by atoms with Crippen molar-refractivity contribution in [3.63, 3.8) is 0 Å². The molecule has 1 N–H and O–H groups in total. The molecule has 1 aromatic rings. The summed E-state index contributed by atoms with van der Waals surface area (Å²) in [6.45, 7) is 6.96.